The molecule has 1 aromatic rings. The molecule has 0 bridgehead atoms. The number of ether oxygens (including phenoxy) is 1. The molecule has 5 nitrogen and oxygen atoms in total. The number of imidazole rings is 1. The molecular weight excluding hydrogens is 274 g/mol. The first-order valence-electron chi connectivity index (χ1n) is 7.16. The Morgan fingerprint density at radius 3 is 3.10 bits per heavy atom. The first-order chi connectivity index (χ1) is 9.55. The highest BCUT2D eigenvalue weighted by atomic mass is 32.2. The molecule has 1 fully saturated rings. The Bertz CT molecular complexity index is 436. The van der Waals surface area contributed by atoms with Crippen molar-refractivity contribution < 1.29 is 9.53 Å². The van der Waals surface area contributed by atoms with Crippen LogP contribution in [0.15, 0.2) is 17.6 Å². The highest BCUT2D eigenvalue weighted by Crippen LogP contribution is 2.40. The zero-order valence-electron chi connectivity index (χ0n) is 12.3. The second kappa shape index (κ2) is 6.63. The minimum Gasteiger partial charge on any atom is -0.465 e. The molecule has 1 saturated carbocycles. The first kappa shape index (κ1) is 15.4. The van der Waals surface area contributed by atoms with Crippen molar-refractivity contribution in [3.8, 4) is 0 Å². The van der Waals surface area contributed by atoms with Crippen molar-refractivity contribution in [3.63, 3.8) is 0 Å². The van der Waals surface area contributed by atoms with E-state index in [1.807, 2.05) is 13.1 Å². The van der Waals surface area contributed by atoms with E-state index in [1.54, 1.807) is 18.0 Å². The SMILES string of the molecule is CCOC(=O)C1(NC(C)C)CCC(Sc2ncc[nH]2)C1. The van der Waals surface area contributed by atoms with Crippen LogP contribution < -0.4 is 5.32 Å². The lowest BCUT2D eigenvalue weighted by atomic mass is 9.96. The number of hydrogen-bond donors (Lipinski definition) is 2. The van der Waals surface area contributed by atoms with Gasteiger partial charge in [0.15, 0.2) is 5.16 Å². The molecule has 0 amide bonds. The van der Waals surface area contributed by atoms with Gasteiger partial charge < -0.3 is 9.72 Å². The largest absolute Gasteiger partial charge is 0.465 e. The van der Waals surface area contributed by atoms with E-state index in [0.717, 1.165) is 24.4 Å². The van der Waals surface area contributed by atoms with Gasteiger partial charge in [-0.15, -0.1) is 0 Å². The number of nitrogens with one attached hydrogen (secondary N) is 2. The molecule has 0 spiro atoms. The Balaban J connectivity index is 2.04. The van der Waals surface area contributed by atoms with Gasteiger partial charge in [0.25, 0.3) is 0 Å². The van der Waals surface area contributed by atoms with Crippen molar-refractivity contribution in [2.75, 3.05) is 6.61 Å². The van der Waals surface area contributed by atoms with E-state index in [2.05, 4.69) is 29.1 Å². The van der Waals surface area contributed by atoms with E-state index in [-0.39, 0.29) is 12.0 Å². The summed E-state index contributed by atoms with van der Waals surface area (Å²) in [7, 11) is 0. The highest BCUT2D eigenvalue weighted by molar-refractivity contribution is 7.99. The van der Waals surface area contributed by atoms with Crippen molar-refractivity contribution in [2.24, 2.45) is 0 Å². The van der Waals surface area contributed by atoms with Crippen molar-refractivity contribution in [3.05, 3.63) is 12.4 Å². The minimum absolute atomic E-state index is 0.115. The summed E-state index contributed by atoms with van der Waals surface area (Å²) in [6.07, 6.45) is 6.17. The van der Waals surface area contributed by atoms with Gasteiger partial charge in [0.2, 0.25) is 0 Å². The molecule has 1 aliphatic rings. The van der Waals surface area contributed by atoms with Crippen molar-refractivity contribution in [1.82, 2.24) is 15.3 Å². The number of thioether (sulfide) groups is 1. The third-order valence-corrected chi connectivity index (χ3v) is 4.63. The summed E-state index contributed by atoms with van der Waals surface area (Å²) < 4.78 is 5.28. The first-order valence-corrected chi connectivity index (χ1v) is 8.04. The quantitative estimate of drug-likeness (QED) is 0.789. The van der Waals surface area contributed by atoms with E-state index < -0.39 is 5.54 Å². The number of hydrogen-bond acceptors (Lipinski definition) is 5. The Kier molecular flexibility index (Phi) is 5.10. The third-order valence-electron chi connectivity index (χ3n) is 3.45. The number of aromatic nitrogens is 2. The fourth-order valence-corrected chi connectivity index (χ4v) is 3.95. The highest BCUT2D eigenvalue weighted by Gasteiger charge is 2.47. The number of carbonyl (C=O) groups excluding carboxylic acids is 1. The topological polar surface area (TPSA) is 67.0 Å². The maximum absolute atomic E-state index is 12.3. The summed E-state index contributed by atoms with van der Waals surface area (Å²) in [5.74, 6) is -0.115. The van der Waals surface area contributed by atoms with Gasteiger partial charge in [-0.05, 0) is 40.0 Å². The van der Waals surface area contributed by atoms with Crippen molar-refractivity contribution in [1.29, 1.82) is 0 Å². The lowest BCUT2D eigenvalue weighted by molar-refractivity contribution is -0.151. The molecule has 1 heterocycles. The average Bonchev–Trinajstić information content (AvgIpc) is 3.00. The molecule has 2 unspecified atom stereocenters. The van der Waals surface area contributed by atoms with Gasteiger partial charge in [-0.1, -0.05) is 11.8 Å². The van der Waals surface area contributed by atoms with Crippen molar-refractivity contribution in [2.45, 2.75) is 62.0 Å². The lowest BCUT2D eigenvalue weighted by Gasteiger charge is -2.30. The van der Waals surface area contributed by atoms with E-state index in [1.165, 1.54) is 0 Å². The average molecular weight is 297 g/mol. The van der Waals surface area contributed by atoms with Crippen molar-refractivity contribution >= 4 is 17.7 Å². The fourth-order valence-electron chi connectivity index (χ4n) is 2.77. The van der Waals surface area contributed by atoms with E-state index in [4.69, 9.17) is 4.74 Å². The predicted molar refractivity (Wildman–Crippen MR) is 79.7 cm³/mol. The Morgan fingerprint density at radius 2 is 2.50 bits per heavy atom. The molecular formula is C14H23N3O2S. The Hall–Kier alpha value is -1.01. The van der Waals surface area contributed by atoms with Crippen LogP contribution >= 0.6 is 11.8 Å². The normalized spacial score (nSPS) is 26.1. The van der Waals surface area contributed by atoms with Crippen LogP contribution in [0.2, 0.25) is 0 Å². The molecule has 1 aliphatic carbocycles. The molecule has 0 aliphatic heterocycles. The Morgan fingerprint density at radius 1 is 1.70 bits per heavy atom. The number of aromatic amines is 1. The molecule has 2 atom stereocenters. The van der Waals surface area contributed by atoms with Gasteiger partial charge in [0.05, 0.1) is 6.61 Å². The van der Waals surface area contributed by atoms with Gasteiger partial charge in [0.1, 0.15) is 5.54 Å². The van der Waals surface area contributed by atoms with E-state index >= 15 is 0 Å². The molecule has 1 aromatic heterocycles. The summed E-state index contributed by atoms with van der Waals surface area (Å²) in [5.41, 5.74) is -0.533. The number of esters is 1. The molecule has 6 heteroatoms. The summed E-state index contributed by atoms with van der Waals surface area (Å²) in [5, 5.41) is 4.73. The third kappa shape index (κ3) is 3.55. The number of nitrogens with zero attached hydrogens (tertiary/aromatic N) is 1. The second-order valence-corrected chi connectivity index (χ2v) is 6.77. The maximum atomic E-state index is 12.3. The number of rotatable bonds is 6. The lowest BCUT2D eigenvalue weighted by Crippen LogP contribution is -2.54. The second-order valence-electron chi connectivity index (χ2n) is 5.48. The van der Waals surface area contributed by atoms with Gasteiger partial charge in [0, 0.05) is 23.7 Å². The minimum atomic E-state index is -0.533. The van der Waals surface area contributed by atoms with Crippen LogP contribution in [0.25, 0.3) is 0 Å². The van der Waals surface area contributed by atoms with Crippen LogP contribution in [-0.4, -0.2) is 39.4 Å². The van der Waals surface area contributed by atoms with Gasteiger partial charge in [-0.3, -0.25) is 10.1 Å². The molecule has 2 rings (SSSR count). The molecule has 0 saturated heterocycles. The van der Waals surface area contributed by atoms with Crippen LogP contribution in [-0.2, 0) is 9.53 Å². The number of H-pyrrole nitrogens is 1. The van der Waals surface area contributed by atoms with Gasteiger partial charge in [-0.2, -0.15) is 0 Å². The van der Waals surface area contributed by atoms with Crippen LogP contribution in [0.4, 0.5) is 0 Å². The smallest absolute Gasteiger partial charge is 0.326 e. The summed E-state index contributed by atoms with van der Waals surface area (Å²) in [6, 6.07) is 0.256. The van der Waals surface area contributed by atoms with Gasteiger partial charge >= 0.3 is 5.97 Å². The molecule has 112 valence electrons. The molecule has 20 heavy (non-hydrogen) atoms. The fraction of sp³-hybridized carbons (Fsp3) is 0.714. The van der Waals surface area contributed by atoms with Crippen LogP contribution in [0.3, 0.4) is 0 Å². The monoisotopic (exact) mass is 297 g/mol. The Labute approximate surface area is 124 Å². The van der Waals surface area contributed by atoms with Crippen LogP contribution in [0.1, 0.15) is 40.0 Å². The zero-order valence-corrected chi connectivity index (χ0v) is 13.1. The van der Waals surface area contributed by atoms with Crippen LogP contribution in [0.5, 0.6) is 0 Å². The summed E-state index contributed by atoms with van der Waals surface area (Å²) in [4.78, 5) is 19.7. The standard InChI is InChI=1S/C14H23N3O2S/c1-4-19-12(18)14(17-10(2)3)6-5-11(9-14)20-13-15-7-8-16-13/h7-8,10-11,17H,4-6,9H2,1-3H3,(H,15,16). The molecule has 2 N–H and O–H groups in total. The zero-order chi connectivity index (χ0) is 14.6. The predicted octanol–water partition coefficient (Wildman–Crippen LogP) is 2.35. The number of carbonyl (C=O) groups is 1. The van der Waals surface area contributed by atoms with Gasteiger partial charge in [-0.25, -0.2) is 4.98 Å². The maximum Gasteiger partial charge on any atom is 0.326 e. The molecule has 0 aromatic carbocycles. The van der Waals surface area contributed by atoms with E-state index in [9.17, 15) is 4.79 Å². The van der Waals surface area contributed by atoms with Crippen LogP contribution in [0, 0.1) is 0 Å². The summed E-state index contributed by atoms with van der Waals surface area (Å²) in [6.45, 7) is 6.41. The molecule has 0 radical (unpaired) electrons. The van der Waals surface area contributed by atoms with E-state index in [0.29, 0.717) is 11.9 Å². The summed E-state index contributed by atoms with van der Waals surface area (Å²) >= 11 is 1.71.